The second-order valence-electron chi connectivity index (χ2n) is 21.8. The summed E-state index contributed by atoms with van der Waals surface area (Å²) >= 11 is 0. The highest BCUT2D eigenvalue weighted by molar-refractivity contribution is 5.84. The van der Waals surface area contributed by atoms with E-state index in [9.17, 15) is 14.0 Å². The van der Waals surface area contributed by atoms with Crippen LogP contribution < -0.4 is 21.8 Å². The molecule has 9 aliphatic carbocycles. The summed E-state index contributed by atoms with van der Waals surface area (Å²) < 4.78 is 14.5. The molecule has 9 saturated carbocycles. The van der Waals surface area contributed by atoms with Crippen molar-refractivity contribution in [3.8, 4) is 0 Å². The van der Waals surface area contributed by atoms with E-state index in [1.165, 1.54) is 16.7 Å². The van der Waals surface area contributed by atoms with Gasteiger partial charge >= 0.3 is 0 Å². The summed E-state index contributed by atoms with van der Waals surface area (Å²) in [6.45, 7) is 6.28. The van der Waals surface area contributed by atoms with Crippen LogP contribution in [0.5, 0.6) is 0 Å². The lowest BCUT2D eigenvalue weighted by Crippen LogP contribution is -2.68. The molecule has 1 saturated heterocycles. The number of hydrogen-bond acceptors (Lipinski definition) is 5. The molecule has 308 valence electrons. The van der Waals surface area contributed by atoms with E-state index < -0.39 is 10.8 Å². The van der Waals surface area contributed by atoms with Crippen LogP contribution in [0.3, 0.4) is 0 Å². The van der Waals surface area contributed by atoms with Crippen molar-refractivity contribution in [2.75, 3.05) is 39.4 Å². The van der Waals surface area contributed by atoms with Crippen molar-refractivity contribution in [1.29, 1.82) is 0 Å². The Morgan fingerprint density at radius 1 is 0.719 bits per heavy atom. The van der Waals surface area contributed by atoms with E-state index in [0.29, 0.717) is 18.3 Å². The van der Waals surface area contributed by atoms with E-state index in [1.807, 2.05) is 0 Å². The minimum Gasteiger partial charge on any atom is -0.353 e. The van der Waals surface area contributed by atoms with E-state index in [-0.39, 0.29) is 51.6 Å². The summed E-state index contributed by atoms with van der Waals surface area (Å²) in [6, 6.07) is 21.2. The van der Waals surface area contributed by atoms with Crippen LogP contribution >= 0.6 is 0 Å². The molecule has 0 aromatic heterocycles. The molecule has 7 nitrogen and oxygen atoms in total. The fourth-order valence-electron chi connectivity index (χ4n) is 16.7. The number of halogens is 1. The number of nitrogens with two attached hydrogens (primary N) is 1. The lowest BCUT2D eigenvalue weighted by atomic mass is 9.33. The van der Waals surface area contributed by atoms with Crippen LogP contribution in [0.2, 0.25) is 0 Å². The molecule has 8 heteroatoms. The number of hydrazine groups is 1. The van der Waals surface area contributed by atoms with Gasteiger partial charge in [-0.3, -0.25) is 19.4 Å². The molecule has 8 atom stereocenters. The lowest BCUT2D eigenvalue weighted by molar-refractivity contribution is -0.173. The molecule has 2 aromatic carbocycles. The Hall–Kier alpha value is -2.81. The first-order valence-electron chi connectivity index (χ1n) is 23.0. The van der Waals surface area contributed by atoms with Gasteiger partial charge in [0.05, 0.1) is 17.5 Å². The topological polar surface area (TPSA) is 99.5 Å². The summed E-state index contributed by atoms with van der Waals surface area (Å²) in [5, 5.41) is 9.19. The number of piperazine rings is 1. The minimum absolute atomic E-state index is 0.0482. The van der Waals surface area contributed by atoms with Gasteiger partial charge in [-0.25, -0.2) is 5.01 Å². The third-order valence-electron chi connectivity index (χ3n) is 18.1. The molecule has 4 unspecified atom stereocenters. The molecule has 8 bridgehead atoms. The highest BCUT2D eigenvalue weighted by Gasteiger charge is 2.71. The van der Waals surface area contributed by atoms with Crippen molar-refractivity contribution in [2.45, 2.75) is 145 Å². The zero-order chi connectivity index (χ0) is 39.2. The Balaban J connectivity index is 0.989. The van der Waals surface area contributed by atoms with Gasteiger partial charge in [0.1, 0.15) is 0 Å². The molecule has 10 aliphatic rings. The molecule has 57 heavy (non-hydrogen) atoms. The zero-order valence-electron chi connectivity index (χ0n) is 34.6. The van der Waals surface area contributed by atoms with E-state index >= 15 is 0 Å². The maximum absolute atomic E-state index is 14.9. The Morgan fingerprint density at radius 2 is 1.33 bits per heavy atom. The molecule has 1 heterocycles. The molecule has 2 aromatic rings. The highest BCUT2D eigenvalue weighted by atomic mass is 19.1. The van der Waals surface area contributed by atoms with Crippen molar-refractivity contribution in [3.05, 3.63) is 71.3 Å². The normalized spacial score (nSPS) is 43.2. The maximum atomic E-state index is 14.9. The number of amides is 2. The van der Waals surface area contributed by atoms with Gasteiger partial charge in [-0.15, -0.1) is 0 Å². The maximum Gasteiger partial charge on any atom is 0.240 e. The predicted octanol–water partition coefficient (Wildman–Crippen LogP) is 7.76. The molecule has 12 rings (SSSR count). The average Bonchev–Trinajstić information content (AvgIpc) is 3.21. The first kappa shape index (κ1) is 38.4. The molecule has 10 fully saturated rings. The summed E-state index contributed by atoms with van der Waals surface area (Å²) in [6.07, 6.45) is 17.9. The number of rotatable bonds is 11. The number of carbonyl (C=O) groups is 2. The molecule has 0 spiro atoms. The molecule has 0 radical (unpaired) electrons. The van der Waals surface area contributed by atoms with Crippen LogP contribution in [0.25, 0.3) is 0 Å². The van der Waals surface area contributed by atoms with Crippen LogP contribution in [0.1, 0.15) is 139 Å². The first-order chi connectivity index (χ1) is 27.5. The van der Waals surface area contributed by atoms with Crippen molar-refractivity contribution in [1.82, 2.24) is 21.1 Å². The fourth-order valence-corrected chi connectivity index (χ4v) is 16.7. The molecule has 1 aliphatic heterocycles. The van der Waals surface area contributed by atoms with Gasteiger partial charge in [-0.05, 0) is 171 Å². The molecule has 5 N–H and O–H groups in total. The first-order valence-corrected chi connectivity index (χ1v) is 23.0. The van der Waals surface area contributed by atoms with Gasteiger partial charge in [0.25, 0.3) is 0 Å². The van der Waals surface area contributed by atoms with E-state index in [2.05, 4.69) is 82.6 Å². The molecular formula is C49H68FN5O2. The Labute approximate surface area is 340 Å². The second kappa shape index (κ2) is 13.9. The molecular weight excluding hydrogens is 710 g/mol. The van der Waals surface area contributed by atoms with Gasteiger partial charge in [0, 0.05) is 32.2 Å². The van der Waals surface area contributed by atoms with Gasteiger partial charge < -0.3 is 16.4 Å². The minimum atomic E-state index is -0.424. The highest BCUT2D eigenvalue weighted by Crippen LogP contribution is 2.76. The van der Waals surface area contributed by atoms with Crippen LogP contribution in [0.4, 0.5) is 4.39 Å². The van der Waals surface area contributed by atoms with Crippen molar-refractivity contribution in [3.63, 3.8) is 0 Å². The lowest BCUT2D eigenvalue weighted by Gasteiger charge is -2.70. The van der Waals surface area contributed by atoms with E-state index in [1.54, 1.807) is 0 Å². The predicted molar refractivity (Wildman–Crippen MR) is 223 cm³/mol. The van der Waals surface area contributed by atoms with Crippen LogP contribution in [-0.2, 0) is 25.8 Å². The Kier molecular flexibility index (Phi) is 9.35. The van der Waals surface area contributed by atoms with Crippen LogP contribution in [0, 0.1) is 33.5 Å². The van der Waals surface area contributed by atoms with Crippen LogP contribution in [-0.4, -0.2) is 62.3 Å². The van der Waals surface area contributed by atoms with Crippen molar-refractivity contribution in [2.24, 2.45) is 39.2 Å². The Bertz CT molecular complexity index is 1840. The summed E-state index contributed by atoms with van der Waals surface area (Å²) in [7, 11) is 0. The van der Waals surface area contributed by atoms with Gasteiger partial charge in [0.15, 0.2) is 0 Å². The number of hydrogen-bond donors (Lipinski definition) is 4. The largest absolute Gasteiger partial charge is 0.353 e. The van der Waals surface area contributed by atoms with Crippen LogP contribution in [0.15, 0.2) is 54.6 Å². The fraction of sp³-hybridized carbons (Fsp3) is 0.714. The van der Waals surface area contributed by atoms with Gasteiger partial charge in [0.2, 0.25) is 11.8 Å². The number of benzene rings is 2. The zero-order valence-corrected chi connectivity index (χ0v) is 34.6. The molecule has 2 amide bonds. The van der Waals surface area contributed by atoms with Gasteiger partial charge in [-0.1, -0.05) is 67.9 Å². The number of nitrogens with one attached hydrogen (secondary N) is 3. The van der Waals surface area contributed by atoms with E-state index in [0.717, 1.165) is 142 Å². The second-order valence-corrected chi connectivity index (χ2v) is 21.8. The smallest absolute Gasteiger partial charge is 0.240 e. The Morgan fingerprint density at radius 3 is 1.98 bits per heavy atom. The summed E-state index contributed by atoms with van der Waals surface area (Å²) in [5.74, 6) is 1.52. The third-order valence-corrected chi connectivity index (χ3v) is 18.1. The van der Waals surface area contributed by atoms with E-state index in [4.69, 9.17) is 5.73 Å². The quantitative estimate of drug-likeness (QED) is 0.187. The van der Waals surface area contributed by atoms with Crippen molar-refractivity contribution >= 4 is 11.8 Å². The standard InChI is InChI=1S/C49H68FN5O2/c1-2-43-26-47(37-6-4-3-5-7-37)32-48(27-43,34-49(28-43,33-47)42(57)54-55-20-18-52-19-21-55)39-12-10-38(11-13-39)45-23-36-22-44(29-45,16-17-50)30-46(24-36,31-45)41(56)53-40-14-8-35(25-51)9-15-40/h3-7,10-13,35-36,40,52H,2,8-9,14-34,51H2,1H3,(H,53,56)(H,54,57)/t35?,36?,40?,43-,44+,45+,46?,47-,48?,49?/m0/s1. The van der Waals surface area contributed by atoms with Crippen molar-refractivity contribution < 1.29 is 14.0 Å². The monoisotopic (exact) mass is 778 g/mol. The summed E-state index contributed by atoms with van der Waals surface area (Å²) in [5.41, 5.74) is 12.5. The summed E-state index contributed by atoms with van der Waals surface area (Å²) in [4.78, 5) is 29.5. The SMILES string of the molecule is CC[C@@]12CC3(C(=O)NN4CCNCC4)CC(c4ccc([C@]56CC7CC(C(=O)NC8CCC(CN)CC8)(C[C@](CCF)(C7)C5)C6)cc4)(C1)C[C@](c1ccccc1)(C3)C2. The number of alkyl halides is 1. The third kappa shape index (κ3) is 6.26. The van der Waals surface area contributed by atoms with Gasteiger partial charge in [-0.2, -0.15) is 0 Å². The number of carbonyl (C=O) groups excluding carboxylic acids is 2. The number of nitrogens with zero attached hydrogens (tertiary/aromatic N) is 1. The average molecular weight is 778 g/mol.